The molecule has 0 saturated carbocycles. The molecule has 0 saturated heterocycles. The first-order chi connectivity index (χ1) is 17.6. The Kier molecular flexibility index (Phi) is 7.90. The van der Waals surface area contributed by atoms with Crippen molar-refractivity contribution in [1.82, 2.24) is 14.7 Å². The fourth-order valence-corrected chi connectivity index (χ4v) is 4.01. The monoisotopic (exact) mass is 523 g/mol. The number of hydrogen-bond donors (Lipinski definition) is 1. The Labute approximate surface area is 221 Å². The highest BCUT2D eigenvalue weighted by atomic mass is 35.5. The Balaban J connectivity index is 1.57. The van der Waals surface area contributed by atoms with Gasteiger partial charge in [-0.3, -0.25) is 4.90 Å². The number of methoxy groups -OCH3 is 1. The van der Waals surface area contributed by atoms with Crippen molar-refractivity contribution in [2.75, 3.05) is 7.11 Å². The van der Waals surface area contributed by atoms with Crippen molar-refractivity contribution in [3.05, 3.63) is 94.7 Å². The molecule has 0 bridgehead atoms. The number of carbonyl (C=O) groups is 1. The number of rotatable bonds is 11. The summed E-state index contributed by atoms with van der Waals surface area (Å²) in [5.41, 5.74) is 2.53. The van der Waals surface area contributed by atoms with Crippen LogP contribution in [0.5, 0.6) is 11.5 Å². The van der Waals surface area contributed by atoms with E-state index in [1.165, 1.54) is 21.0 Å². The lowest BCUT2D eigenvalue weighted by molar-refractivity contribution is -0.152. The molecule has 1 N–H and O–H groups in total. The number of aromatic nitrogens is 2. The van der Waals surface area contributed by atoms with Crippen molar-refractivity contribution in [3.8, 4) is 17.2 Å². The van der Waals surface area contributed by atoms with Crippen LogP contribution in [0.3, 0.4) is 0 Å². The first-order valence-corrected chi connectivity index (χ1v) is 12.2. The fourth-order valence-electron chi connectivity index (χ4n) is 3.88. The normalized spacial score (nSPS) is 11.6. The van der Waals surface area contributed by atoms with Gasteiger partial charge in [0.2, 0.25) is 0 Å². The van der Waals surface area contributed by atoms with Crippen molar-refractivity contribution >= 4 is 17.6 Å². The number of aliphatic carboxylic acids is 1. The molecule has 0 aliphatic heterocycles. The predicted octanol–water partition coefficient (Wildman–Crippen LogP) is 5.88. The lowest BCUT2D eigenvalue weighted by atomic mass is 10.1. The molecule has 8 nitrogen and oxygen atoms in total. The topological polar surface area (TPSA) is 90.0 Å². The Morgan fingerprint density at radius 2 is 1.86 bits per heavy atom. The van der Waals surface area contributed by atoms with Crippen molar-refractivity contribution in [2.45, 2.75) is 46.0 Å². The molecule has 0 unspecified atom stereocenters. The molecule has 9 heteroatoms. The van der Waals surface area contributed by atoms with Crippen LogP contribution < -0.4 is 9.47 Å². The van der Waals surface area contributed by atoms with Gasteiger partial charge in [-0.2, -0.15) is 5.10 Å². The van der Waals surface area contributed by atoms with Crippen molar-refractivity contribution in [2.24, 2.45) is 0 Å². The van der Waals surface area contributed by atoms with Crippen molar-refractivity contribution in [3.63, 3.8) is 0 Å². The molecule has 0 spiro atoms. The van der Waals surface area contributed by atoms with E-state index in [9.17, 15) is 9.90 Å². The van der Waals surface area contributed by atoms with E-state index in [1.807, 2.05) is 66.3 Å². The molecule has 0 atom stereocenters. The molecule has 0 fully saturated rings. The van der Waals surface area contributed by atoms with Gasteiger partial charge in [0, 0.05) is 29.9 Å². The highest BCUT2D eigenvalue weighted by molar-refractivity contribution is 6.30. The maximum Gasteiger partial charge on any atom is 0.347 e. The molecular weight excluding hydrogens is 494 g/mol. The molecule has 4 aromatic rings. The summed E-state index contributed by atoms with van der Waals surface area (Å²) in [5, 5.41) is 14.8. The maximum atomic E-state index is 11.5. The molecule has 194 valence electrons. The van der Waals surface area contributed by atoms with E-state index in [0.717, 1.165) is 28.3 Å². The Morgan fingerprint density at radius 3 is 2.51 bits per heavy atom. The third-order valence-corrected chi connectivity index (χ3v) is 6.21. The summed E-state index contributed by atoms with van der Waals surface area (Å²) in [4.78, 5) is 13.7. The van der Waals surface area contributed by atoms with Gasteiger partial charge in [0.05, 0.1) is 31.3 Å². The number of halogens is 1. The van der Waals surface area contributed by atoms with E-state index >= 15 is 0 Å². The minimum absolute atomic E-state index is 0.372. The number of hydrogen-bond acceptors (Lipinski definition) is 6. The number of carboxylic acid groups (broad SMARTS) is 1. The smallest absolute Gasteiger partial charge is 0.347 e. The predicted molar refractivity (Wildman–Crippen MR) is 140 cm³/mol. The van der Waals surface area contributed by atoms with Crippen LogP contribution in [-0.2, 0) is 24.4 Å². The molecule has 2 aromatic carbocycles. The SMILES string of the molecule is COc1cc(CN(Cc2ccco2)Cc2cn(-c3ccc(Cl)cc3)nc2C)ccc1OC(C)(C)C(=O)O. The second kappa shape index (κ2) is 11.1. The van der Waals surface area contributed by atoms with E-state index in [1.54, 1.807) is 12.3 Å². The van der Waals surface area contributed by atoms with E-state index < -0.39 is 11.6 Å². The van der Waals surface area contributed by atoms with Gasteiger partial charge < -0.3 is 19.0 Å². The molecule has 0 aliphatic rings. The van der Waals surface area contributed by atoms with Gasteiger partial charge >= 0.3 is 5.97 Å². The summed E-state index contributed by atoms with van der Waals surface area (Å²) < 4.78 is 18.7. The van der Waals surface area contributed by atoms with Gasteiger partial charge in [0.1, 0.15) is 5.76 Å². The third-order valence-electron chi connectivity index (χ3n) is 5.96. The largest absolute Gasteiger partial charge is 0.493 e. The first kappa shape index (κ1) is 26.3. The highest BCUT2D eigenvalue weighted by Crippen LogP contribution is 2.32. The molecule has 2 aromatic heterocycles. The average Bonchev–Trinajstić information content (AvgIpc) is 3.50. The molecular formula is C28H30ClN3O5. The second-order valence-corrected chi connectivity index (χ2v) is 9.72. The zero-order valence-corrected chi connectivity index (χ0v) is 22.0. The van der Waals surface area contributed by atoms with Gasteiger partial charge in [-0.25, -0.2) is 9.48 Å². The molecule has 2 heterocycles. The number of benzene rings is 2. The summed E-state index contributed by atoms with van der Waals surface area (Å²) in [7, 11) is 1.54. The average molecular weight is 524 g/mol. The van der Waals surface area contributed by atoms with Crippen LogP contribution in [0.4, 0.5) is 0 Å². The van der Waals surface area contributed by atoms with Crippen molar-refractivity contribution in [1.29, 1.82) is 0 Å². The number of carboxylic acids is 1. The van der Waals surface area contributed by atoms with E-state index in [4.69, 9.17) is 30.6 Å². The van der Waals surface area contributed by atoms with Crippen molar-refractivity contribution < 1.29 is 23.8 Å². The van der Waals surface area contributed by atoms with E-state index in [2.05, 4.69) is 4.90 Å². The Bertz CT molecular complexity index is 1350. The van der Waals surface area contributed by atoms with Gasteiger partial charge in [-0.05, 0) is 74.9 Å². The highest BCUT2D eigenvalue weighted by Gasteiger charge is 2.30. The molecule has 4 rings (SSSR count). The Hall–Kier alpha value is -3.75. The van der Waals surface area contributed by atoms with Crippen LogP contribution >= 0.6 is 11.6 Å². The minimum Gasteiger partial charge on any atom is -0.493 e. The summed E-state index contributed by atoms with van der Waals surface area (Å²) in [6, 6.07) is 16.9. The maximum absolute atomic E-state index is 11.5. The van der Waals surface area contributed by atoms with Crippen LogP contribution in [0.2, 0.25) is 5.02 Å². The molecule has 0 aliphatic carbocycles. The standard InChI is InChI=1S/C28H30ClN3O5/c1-19-21(17-32(30-19)23-10-8-22(29)9-11-23)16-31(18-24-6-5-13-36-24)15-20-7-12-25(26(14-20)35-4)37-28(2,3)27(33)34/h5-14,17H,15-16,18H2,1-4H3,(H,33,34). The van der Waals surface area contributed by atoms with Gasteiger partial charge in [0.25, 0.3) is 0 Å². The number of nitrogens with zero attached hydrogens (tertiary/aromatic N) is 3. The first-order valence-electron chi connectivity index (χ1n) is 11.8. The van der Waals surface area contributed by atoms with Gasteiger partial charge in [0.15, 0.2) is 17.1 Å². The second-order valence-electron chi connectivity index (χ2n) is 9.29. The van der Waals surface area contributed by atoms with Gasteiger partial charge in [-0.15, -0.1) is 0 Å². The van der Waals surface area contributed by atoms with Crippen LogP contribution in [0, 0.1) is 6.92 Å². The summed E-state index contributed by atoms with van der Waals surface area (Å²) in [5.74, 6) is 0.628. The van der Waals surface area contributed by atoms with Gasteiger partial charge in [-0.1, -0.05) is 17.7 Å². The Morgan fingerprint density at radius 1 is 1.11 bits per heavy atom. The lowest BCUT2D eigenvalue weighted by Crippen LogP contribution is -2.38. The minimum atomic E-state index is -1.39. The lowest BCUT2D eigenvalue weighted by Gasteiger charge is -2.24. The molecule has 0 radical (unpaired) electrons. The van der Waals surface area contributed by atoms with Crippen LogP contribution in [0.15, 0.2) is 71.5 Å². The van der Waals surface area contributed by atoms with Crippen LogP contribution in [0.25, 0.3) is 5.69 Å². The van der Waals surface area contributed by atoms with Crippen LogP contribution in [-0.4, -0.2) is 38.5 Å². The number of furan rings is 1. The molecule has 37 heavy (non-hydrogen) atoms. The summed E-state index contributed by atoms with van der Waals surface area (Å²) in [6.45, 7) is 6.80. The number of aryl methyl sites for hydroxylation is 1. The fraction of sp³-hybridized carbons (Fsp3) is 0.286. The van der Waals surface area contributed by atoms with E-state index in [0.29, 0.717) is 36.2 Å². The zero-order valence-electron chi connectivity index (χ0n) is 21.3. The van der Waals surface area contributed by atoms with Crippen LogP contribution in [0.1, 0.15) is 36.4 Å². The quantitative estimate of drug-likeness (QED) is 0.262. The number of ether oxygens (including phenoxy) is 2. The molecule has 0 amide bonds. The van der Waals surface area contributed by atoms with E-state index in [-0.39, 0.29) is 0 Å². The summed E-state index contributed by atoms with van der Waals surface area (Å²) >= 11 is 6.04. The summed E-state index contributed by atoms with van der Waals surface area (Å²) in [6.07, 6.45) is 3.69. The third kappa shape index (κ3) is 6.53. The zero-order chi connectivity index (χ0) is 26.6.